The lowest BCUT2D eigenvalue weighted by Gasteiger charge is -2.17. The first-order valence-corrected chi connectivity index (χ1v) is 11.6. The predicted octanol–water partition coefficient (Wildman–Crippen LogP) is 5.15. The summed E-state index contributed by atoms with van der Waals surface area (Å²) in [6.45, 7) is 1.87. The minimum absolute atomic E-state index is 0.0353. The fourth-order valence-corrected chi connectivity index (χ4v) is 4.48. The summed E-state index contributed by atoms with van der Waals surface area (Å²) in [5, 5.41) is 8.30. The molecule has 4 rings (SSSR count). The standard InChI is InChI=1S/C23H19Cl2N5O2S/c1-14-15(12-29(2)28-14)10-20-22(32)30(17-6-4-3-5-7-17)23(27-20)33-13-21(31)26-19-9-8-16(24)11-18(19)25/h3-12H,13H2,1-2H3,(H,26,31)/b20-10+. The molecule has 1 aliphatic heterocycles. The molecule has 0 aliphatic carbocycles. The van der Waals surface area contributed by atoms with E-state index in [-0.39, 0.29) is 23.3 Å². The number of para-hydroxylation sites is 1. The first-order chi connectivity index (χ1) is 15.8. The topological polar surface area (TPSA) is 79.6 Å². The maximum Gasteiger partial charge on any atom is 0.283 e. The Labute approximate surface area is 205 Å². The Morgan fingerprint density at radius 3 is 2.61 bits per heavy atom. The molecule has 2 amide bonds. The number of carbonyl (C=O) groups excluding carboxylic acids is 2. The van der Waals surface area contributed by atoms with Gasteiger partial charge in [-0.25, -0.2) is 4.99 Å². The Hall–Kier alpha value is -3.07. The average Bonchev–Trinajstić information content (AvgIpc) is 3.27. The molecule has 168 valence electrons. The number of aromatic nitrogens is 2. The molecule has 1 N–H and O–H groups in total. The molecule has 2 heterocycles. The lowest BCUT2D eigenvalue weighted by molar-refractivity contribution is -0.114. The van der Waals surface area contributed by atoms with E-state index < -0.39 is 0 Å². The Kier molecular flexibility index (Phi) is 6.88. The summed E-state index contributed by atoms with van der Waals surface area (Å²) < 4.78 is 1.68. The molecule has 0 saturated heterocycles. The first kappa shape index (κ1) is 23.1. The SMILES string of the molecule is Cc1nn(C)cc1/C=C1/N=C(SCC(=O)Nc2ccc(Cl)cc2Cl)N(c2ccccc2)C1=O. The summed E-state index contributed by atoms with van der Waals surface area (Å²) in [6.07, 6.45) is 3.54. The molecule has 2 aromatic carbocycles. The van der Waals surface area contributed by atoms with Crippen molar-refractivity contribution in [3.63, 3.8) is 0 Å². The van der Waals surface area contributed by atoms with Gasteiger partial charge in [-0.15, -0.1) is 0 Å². The minimum atomic E-state index is -0.284. The molecule has 33 heavy (non-hydrogen) atoms. The van der Waals surface area contributed by atoms with Crippen LogP contribution >= 0.6 is 35.0 Å². The zero-order chi connectivity index (χ0) is 23.5. The molecule has 0 unspecified atom stereocenters. The van der Waals surface area contributed by atoms with E-state index in [9.17, 15) is 9.59 Å². The van der Waals surface area contributed by atoms with E-state index in [0.29, 0.717) is 26.6 Å². The van der Waals surface area contributed by atoms with Crippen molar-refractivity contribution in [2.75, 3.05) is 16.0 Å². The van der Waals surface area contributed by atoms with Gasteiger partial charge in [0.25, 0.3) is 5.91 Å². The number of halogens is 2. The van der Waals surface area contributed by atoms with Crippen molar-refractivity contribution in [1.82, 2.24) is 9.78 Å². The number of amides is 2. The number of carbonyl (C=O) groups is 2. The lowest BCUT2D eigenvalue weighted by atomic mass is 10.2. The van der Waals surface area contributed by atoms with Gasteiger partial charge < -0.3 is 5.32 Å². The normalized spacial score (nSPS) is 14.7. The molecular formula is C23H19Cl2N5O2S. The van der Waals surface area contributed by atoms with Gasteiger partial charge in [-0.1, -0.05) is 53.2 Å². The second-order valence-corrected chi connectivity index (χ2v) is 8.99. The second kappa shape index (κ2) is 9.82. The number of aliphatic imine (C=N–C) groups is 1. The maximum absolute atomic E-state index is 13.2. The van der Waals surface area contributed by atoms with Crippen molar-refractivity contribution >= 4 is 69.4 Å². The van der Waals surface area contributed by atoms with Crippen LogP contribution in [-0.2, 0) is 16.6 Å². The van der Waals surface area contributed by atoms with Crippen LogP contribution in [0.25, 0.3) is 6.08 Å². The smallest absolute Gasteiger partial charge is 0.283 e. The molecule has 0 saturated carbocycles. The Balaban J connectivity index is 1.56. The number of nitrogens with one attached hydrogen (secondary N) is 1. The number of benzene rings is 2. The molecule has 10 heteroatoms. The summed E-state index contributed by atoms with van der Waals surface area (Å²) in [5.74, 6) is -0.519. The summed E-state index contributed by atoms with van der Waals surface area (Å²) in [4.78, 5) is 31.8. The average molecular weight is 500 g/mol. The molecule has 0 atom stereocenters. The van der Waals surface area contributed by atoms with Crippen LogP contribution in [0.2, 0.25) is 10.0 Å². The Morgan fingerprint density at radius 1 is 1.18 bits per heavy atom. The fraction of sp³-hybridized carbons (Fsp3) is 0.130. The molecular weight excluding hydrogens is 481 g/mol. The molecule has 1 aliphatic rings. The molecule has 7 nitrogen and oxygen atoms in total. The highest BCUT2D eigenvalue weighted by Gasteiger charge is 2.32. The van der Waals surface area contributed by atoms with E-state index >= 15 is 0 Å². The van der Waals surface area contributed by atoms with Crippen LogP contribution in [0.4, 0.5) is 11.4 Å². The number of rotatable bonds is 5. The van der Waals surface area contributed by atoms with Gasteiger partial charge in [0, 0.05) is 23.8 Å². The highest BCUT2D eigenvalue weighted by molar-refractivity contribution is 8.14. The van der Waals surface area contributed by atoms with E-state index in [2.05, 4.69) is 15.4 Å². The van der Waals surface area contributed by atoms with Crippen LogP contribution in [0.3, 0.4) is 0 Å². The van der Waals surface area contributed by atoms with Crippen molar-refractivity contribution in [2.24, 2.45) is 12.0 Å². The molecule has 3 aromatic rings. The van der Waals surface area contributed by atoms with Gasteiger partial charge in [0.05, 0.1) is 27.8 Å². The molecule has 0 bridgehead atoms. The van der Waals surface area contributed by atoms with E-state index in [1.54, 1.807) is 29.0 Å². The summed E-state index contributed by atoms with van der Waals surface area (Å²) in [6, 6.07) is 14.0. The van der Waals surface area contributed by atoms with Crippen molar-refractivity contribution < 1.29 is 9.59 Å². The highest BCUT2D eigenvalue weighted by atomic mass is 35.5. The van der Waals surface area contributed by atoms with Crippen molar-refractivity contribution in [1.29, 1.82) is 0 Å². The van der Waals surface area contributed by atoms with Crippen LogP contribution in [0.5, 0.6) is 0 Å². The van der Waals surface area contributed by atoms with Gasteiger partial charge >= 0.3 is 0 Å². The van der Waals surface area contributed by atoms with E-state index in [1.165, 1.54) is 4.90 Å². The molecule has 0 spiro atoms. The monoisotopic (exact) mass is 499 g/mol. The minimum Gasteiger partial charge on any atom is -0.324 e. The number of thioether (sulfide) groups is 1. The number of hydrogen-bond donors (Lipinski definition) is 1. The van der Waals surface area contributed by atoms with Gasteiger partial charge in [-0.05, 0) is 43.3 Å². The number of hydrogen-bond acceptors (Lipinski definition) is 5. The van der Waals surface area contributed by atoms with Gasteiger partial charge in [0.2, 0.25) is 5.91 Å². The first-order valence-electron chi connectivity index (χ1n) is 9.89. The largest absolute Gasteiger partial charge is 0.324 e. The quantitative estimate of drug-likeness (QED) is 0.492. The van der Waals surface area contributed by atoms with Gasteiger partial charge in [0.15, 0.2) is 5.17 Å². The third-order valence-electron chi connectivity index (χ3n) is 4.73. The van der Waals surface area contributed by atoms with E-state index in [0.717, 1.165) is 23.0 Å². The van der Waals surface area contributed by atoms with Gasteiger partial charge in [0.1, 0.15) is 5.70 Å². The third kappa shape index (κ3) is 5.30. The van der Waals surface area contributed by atoms with Crippen molar-refractivity contribution in [3.8, 4) is 0 Å². The number of nitrogens with zero attached hydrogens (tertiary/aromatic N) is 4. The zero-order valence-electron chi connectivity index (χ0n) is 17.8. The van der Waals surface area contributed by atoms with Gasteiger partial charge in [-0.3, -0.25) is 19.2 Å². The summed E-state index contributed by atoms with van der Waals surface area (Å²) in [7, 11) is 1.82. The summed E-state index contributed by atoms with van der Waals surface area (Å²) >= 11 is 13.2. The Morgan fingerprint density at radius 2 is 1.94 bits per heavy atom. The second-order valence-electron chi connectivity index (χ2n) is 7.20. The lowest BCUT2D eigenvalue weighted by Crippen LogP contribution is -2.31. The molecule has 0 fully saturated rings. The fourth-order valence-electron chi connectivity index (χ4n) is 3.21. The van der Waals surface area contributed by atoms with Crippen LogP contribution in [0.15, 0.2) is 65.4 Å². The number of anilines is 2. The predicted molar refractivity (Wildman–Crippen MR) is 135 cm³/mol. The maximum atomic E-state index is 13.2. The highest BCUT2D eigenvalue weighted by Crippen LogP contribution is 2.30. The van der Waals surface area contributed by atoms with Crippen LogP contribution in [0, 0.1) is 6.92 Å². The van der Waals surface area contributed by atoms with Crippen LogP contribution in [-0.4, -0.2) is 32.5 Å². The summed E-state index contributed by atoms with van der Waals surface area (Å²) in [5.41, 5.74) is 3.00. The number of aryl methyl sites for hydroxylation is 2. The molecule has 0 radical (unpaired) electrons. The zero-order valence-corrected chi connectivity index (χ0v) is 20.1. The Bertz CT molecular complexity index is 1290. The van der Waals surface area contributed by atoms with Crippen molar-refractivity contribution in [3.05, 3.63) is 81.7 Å². The molecule has 1 aromatic heterocycles. The van der Waals surface area contributed by atoms with Crippen LogP contribution in [0.1, 0.15) is 11.3 Å². The van der Waals surface area contributed by atoms with Gasteiger partial charge in [-0.2, -0.15) is 5.10 Å². The van der Waals surface area contributed by atoms with Crippen LogP contribution < -0.4 is 10.2 Å². The van der Waals surface area contributed by atoms with E-state index in [1.807, 2.05) is 50.5 Å². The third-order valence-corrected chi connectivity index (χ3v) is 6.21. The number of amidine groups is 1. The van der Waals surface area contributed by atoms with Crippen molar-refractivity contribution in [2.45, 2.75) is 6.92 Å². The van der Waals surface area contributed by atoms with E-state index in [4.69, 9.17) is 23.2 Å².